The Bertz CT molecular complexity index is 441. The van der Waals surface area contributed by atoms with Crippen molar-refractivity contribution >= 4 is 33.1 Å². The van der Waals surface area contributed by atoms with E-state index in [-0.39, 0.29) is 9.34 Å². The Hall–Kier alpha value is -0.380. The van der Waals surface area contributed by atoms with Gasteiger partial charge >= 0.3 is 15.6 Å². The topological polar surface area (TPSA) is 56.3 Å². The highest BCUT2D eigenvalue weighted by atomic mass is 35.5. The zero-order chi connectivity index (χ0) is 11.7. The van der Waals surface area contributed by atoms with E-state index in [1.54, 1.807) is 0 Å². The summed E-state index contributed by atoms with van der Waals surface area (Å²) in [6.07, 6.45) is 1.19. The molecule has 15 heavy (non-hydrogen) atoms. The molecule has 0 spiro atoms. The van der Waals surface area contributed by atoms with Crippen molar-refractivity contribution in [1.82, 2.24) is 4.98 Å². The van der Waals surface area contributed by atoms with E-state index in [9.17, 15) is 21.6 Å². The van der Waals surface area contributed by atoms with Crippen LogP contribution in [0.3, 0.4) is 0 Å². The molecule has 10 heteroatoms. The minimum absolute atomic E-state index is 0.0489. The SMILES string of the molecule is O=S(=O)(OCc1ncc(Cl)s1)C(F)(F)F. The average Bonchev–Trinajstić information content (AvgIpc) is 2.46. The number of hydrogen-bond donors (Lipinski definition) is 0. The maximum atomic E-state index is 11.8. The molecule has 0 aliphatic rings. The highest BCUT2D eigenvalue weighted by Gasteiger charge is 2.47. The molecule has 1 rings (SSSR count). The molecule has 0 unspecified atom stereocenters. The third-order valence-electron chi connectivity index (χ3n) is 1.15. The highest BCUT2D eigenvalue weighted by Crippen LogP contribution is 2.26. The van der Waals surface area contributed by atoms with Crippen LogP contribution in [0.2, 0.25) is 4.34 Å². The predicted octanol–water partition coefficient (Wildman–Crippen LogP) is 2.16. The van der Waals surface area contributed by atoms with Crippen LogP contribution >= 0.6 is 22.9 Å². The summed E-state index contributed by atoms with van der Waals surface area (Å²) >= 11 is 6.27. The van der Waals surface area contributed by atoms with Crippen molar-refractivity contribution in [1.29, 1.82) is 0 Å². The van der Waals surface area contributed by atoms with E-state index in [1.807, 2.05) is 0 Å². The van der Waals surface area contributed by atoms with E-state index >= 15 is 0 Å². The second-order valence-corrected chi connectivity index (χ2v) is 5.57. The van der Waals surface area contributed by atoms with Crippen molar-refractivity contribution in [3.63, 3.8) is 0 Å². The zero-order valence-electron chi connectivity index (χ0n) is 6.78. The van der Waals surface area contributed by atoms with E-state index in [0.29, 0.717) is 0 Å². The normalized spacial score (nSPS) is 13.1. The summed E-state index contributed by atoms with van der Waals surface area (Å²) in [5.41, 5.74) is -5.42. The Labute approximate surface area is 91.8 Å². The fourth-order valence-electron chi connectivity index (χ4n) is 0.550. The first kappa shape index (κ1) is 12.7. The molecule has 0 aliphatic carbocycles. The first-order chi connectivity index (χ1) is 6.72. The maximum absolute atomic E-state index is 11.8. The lowest BCUT2D eigenvalue weighted by molar-refractivity contribution is -0.0547. The van der Waals surface area contributed by atoms with Gasteiger partial charge in [-0.15, -0.1) is 11.3 Å². The molecule has 0 bridgehead atoms. The predicted molar refractivity (Wildman–Crippen MR) is 46.9 cm³/mol. The van der Waals surface area contributed by atoms with Crippen LogP contribution < -0.4 is 0 Å². The molecule has 0 N–H and O–H groups in total. The van der Waals surface area contributed by atoms with Crippen LogP contribution in [0.5, 0.6) is 0 Å². The van der Waals surface area contributed by atoms with Gasteiger partial charge in [0.05, 0.1) is 6.20 Å². The van der Waals surface area contributed by atoms with E-state index in [2.05, 4.69) is 9.17 Å². The van der Waals surface area contributed by atoms with Crippen LogP contribution in [-0.2, 0) is 20.9 Å². The van der Waals surface area contributed by atoms with Crippen molar-refractivity contribution < 1.29 is 25.8 Å². The van der Waals surface area contributed by atoms with E-state index in [1.165, 1.54) is 6.20 Å². The van der Waals surface area contributed by atoms with Crippen LogP contribution in [0.4, 0.5) is 13.2 Å². The number of rotatable bonds is 3. The van der Waals surface area contributed by atoms with Crippen molar-refractivity contribution in [3.8, 4) is 0 Å². The van der Waals surface area contributed by atoms with Gasteiger partial charge in [0.1, 0.15) is 16.0 Å². The lowest BCUT2D eigenvalue weighted by Crippen LogP contribution is -2.25. The van der Waals surface area contributed by atoms with Crippen LogP contribution in [0.1, 0.15) is 5.01 Å². The number of alkyl halides is 3. The standard InChI is InChI=1S/C5H3ClF3NO3S2/c6-3-1-10-4(14-3)2-13-15(11,12)5(7,8)9/h1H,2H2. The van der Waals surface area contributed by atoms with Gasteiger partial charge in [-0.2, -0.15) is 21.6 Å². The summed E-state index contributed by atoms with van der Waals surface area (Å²) in [4.78, 5) is 3.53. The number of aromatic nitrogens is 1. The van der Waals surface area contributed by atoms with Crippen LogP contribution in [0.25, 0.3) is 0 Å². The second kappa shape index (κ2) is 4.24. The first-order valence-electron chi connectivity index (χ1n) is 3.28. The highest BCUT2D eigenvalue weighted by molar-refractivity contribution is 7.87. The Morgan fingerprint density at radius 1 is 1.53 bits per heavy atom. The molecule has 86 valence electrons. The first-order valence-corrected chi connectivity index (χ1v) is 5.88. The lowest BCUT2D eigenvalue weighted by atomic mass is 10.8. The van der Waals surface area contributed by atoms with Crippen LogP contribution in [-0.4, -0.2) is 18.9 Å². The summed E-state index contributed by atoms with van der Waals surface area (Å²) in [6.45, 7) is -0.779. The van der Waals surface area contributed by atoms with E-state index in [0.717, 1.165) is 11.3 Å². The van der Waals surface area contributed by atoms with Crippen LogP contribution in [0, 0.1) is 0 Å². The fraction of sp³-hybridized carbons (Fsp3) is 0.400. The molecule has 0 atom stereocenters. The average molecular weight is 282 g/mol. The number of halogens is 4. The molecule has 1 aromatic heterocycles. The second-order valence-electron chi connectivity index (χ2n) is 2.22. The minimum atomic E-state index is -5.56. The summed E-state index contributed by atoms with van der Waals surface area (Å²) < 4.78 is 60.2. The molecule has 4 nitrogen and oxygen atoms in total. The van der Waals surface area contributed by atoms with Gasteiger partial charge in [0, 0.05) is 0 Å². The third-order valence-corrected chi connectivity index (χ3v) is 3.23. The van der Waals surface area contributed by atoms with Gasteiger partial charge in [0.2, 0.25) is 0 Å². The molecule has 0 fully saturated rings. The molecule has 0 amide bonds. The third kappa shape index (κ3) is 3.30. The maximum Gasteiger partial charge on any atom is 0.523 e. The van der Waals surface area contributed by atoms with Crippen molar-refractivity contribution in [2.45, 2.75) is 12.1 Å². The fourth-order valence-corrected chi connectivity index (χ4v) is 1.89. The molecule has 1 aromatic rings. The van der Waals surface area contributed by atoms with Crippen molar-refractivity contribution in [3.05, 3.63) is 15.5 Å². The Kier molecular flexibility index (Phi) is 3.59. The van der Waals surface area contributed by atoms with Gasteiger partial charge in [-0.05, 0) is 0 Å². The molecule has 0 saturated heterocycles. The van der Waals surface area contributed by atoms with Gasteiger partial charge in [-0.25, -0.2) is 4.98 Å². The zero-order valence-corrected chi connectivity index (χ0v) is 9.17. The van der Waals surface area contributed by atoms with Gasteiger partial charge < -0.3 is 0 Å². The Morgan fingerprint density at radius 3 is 2.53 bits per heavy atom. The van der Waals surface area contributed by atoms with Gasteiger partial charge in [0.25, 0.3) is 0 Å². The van der Waals surface area contributed by atoms with Crippen molar-refractivity contribution in [2.75, 3.05) is 0 Å². The summed E-state index contributed by atoms with van der Waals surface area (Å²) in [5.74, 6) is 0. The lowest BCUT2D eigenvalue weighted by Gasteiger charge is -2.06. The van der Waals surface area contributed by atoms with Crippen molar-refractivity contribution in [2.24, 2.45) is 0 Å². The summed E-state index contributed by atoms with van der Waals surface area (Å²) in [5, 5.41) is 0.0489. The van der Waals surface area contributed by atoms with E-state index in [4.69, 9.17) is 11.6 Å². The molecule has 0 radical (unpaired) electrons. The van der Waals surface area contributed by atoms with Gasteiger partial charge in [0.15, 0.2) is 0 Å². The van der Waals surface area contributed by atoms with Gasteiger partial charge in [-0.1, -0.05) is 11.6 Å². The van der Waals surface area contributed by atoms with Crippen LogP contribution in [0.15, 0.2) is 6.20 Å². The smallest absolute Gasteiger partial charge is 0.256 e. The Morgan fingerprint density at radius 2 is 2.13 bits per heavy atom. The Balaban J connectivity index is 2.66. The largest absolute Gasteiger partial charge is 0.523 e. The molecule has 0 saturated carbocycles. The molecular weight excluding hydrogens is 279 g/mol. The quantitative estimate of drug-likeness (QED) is 0.629. The molecule has 1 heterocycles. The van der Waals surface area contributed by atoms with Gasteiger partial charge in [-0.3, -0.25) is 4.18 Å². The minimum Gasteiger partial charge on any atom is -0.256 e. The number of thiazole rings is 1. The molecular formula is C5H3ClF3NO3S2. The number of hydrogen-bond acceptors (Lipinski definition) is 5. The summed E-state index contributed by atoms with van der Waals surface area (Å²) in [7, 11) is -5.56. The number of nitrogens with zero attached hydrogens (tertiary/aromatic N) is 1. The molecule has 0 aromatic carbocycles. The summed E-state index contributed by atoms with van der Waals surface area (Å²) in [6, 6.07) is 0. The molecule has 0 aliphatic heterocycles. The monoisotopic (exact) mass is 281 g/mol. The van der Waals surface area contributed by atoms with E-state index < -0.39 is 22.2 Å².